The van der Waals surface area contributed by atoms with Gasteiger partial charge in [0.15, 0.2) is 0 Å². The van der Waals surface area contributed by atoms with Gasteiger partial charge in [0.1, 0.15) is 0 Å². The van der Waals surface area contributed by atoms with E-state index in [0.717, 1.165) is 22.5 Å². The van der Waals surface area contributed by atoms with Crippen molar-refractivity contribution in [2.45, 2.75) is 25.4 Å². The van der Waals surface area contributed by atoms with Gasteiger partial charge in [-0.2, -0.15) is 0 Å². The number of benzene rings is 1. The van der Waals surface area contributed by atoms with E-state index < -0.39 is 0 Å². The molecular weight excluding hydrogens is 326 g/mol. The molecule has 2 fully saturated rings. The molecule has 0 amide bonds. The number of nitrogens with zero attached hydrogens (tertiary/aromatic N) is 2. The standard InChI is InChI=1S/C17H20BrN3/c18-15-6-5-13(17-14(15)4-2-8-20-17)10-21-9-12-3-1-7-19-16(12)11-21/h2,4-6,8,12,16,19H,1,3,7,9-11H2. The smallest absolute Gasteiger partial charge is 0.0758 e. The highest BCUT2D eigenvalue weighted by Crippen LogP contribution is 2.29. The average molecular weight is 346 g/mol. The minimum absolute atomic E-state index is 0.702. The summed E-state index contributed by atoms with van der Waals surface area (Å²) in [7, 11) is 0. The highest BCUT2D eigenvalue weighted by atomic mass is 79.9. The maximum Gasteiger partial charge on any atom is 0.0758 e. The molecule has 1 aromatic carbocycles. The van der Waals surface area contributed by atoms with Crippen molar-refractivity contribution < 1.29 is 0 Å². The molecule has 0 saturated carbocycles. The summed E-state index contributed by atoms with van der Waals surface area (Å²) in [4.78, 5) is 7.19. The summed E-state index contributed by atoms with van der Waals surface area (Å²) in [6.07, 6.45) is 4.61. The van der Waals surface area contributed by atoms with E-state index in [0.29, 0.717) is 6.04 Å². The fraction of sp³-hybridized carbons (Fsp3) is 0.471. The first kappa shape index (κ1) is 13.7. The Morgan fingerprint density at radius 1 is 1.29 bits per heavy atom. The Hall–Kier alpha value is -0.970. The van der Waals surface area contributed by atoms with E-state index in [1.165, 1.54) is 43.4 Å². The molecule has 2 saturated heterocycles. The van der Waals surface area contributed by atoms with Crippen LogP contribution in [0.1, 0.15) is 18.4 Å². The van der Waals surface area contributed by atoms with Crippen LogP contribution in [0, 0.1) is 5.92 Å². The number of fused-ring (bicyclic) bond motifs is 2. The molecule has 0 aliphatic carbocycles. The zero-order valence-corrected chi connectivity index (χ0v) is 13.6. The molecule has 110 valence electrons. The van der Waals surface area contributed by atoms with Gasteiger partial charge in [0.2, 0.25) is 0 Å². The second kappa shape index (κ2) is 5.67. The number of halogens is 1. The summed E-state index contributed by atoms with van der Waals surface area (Å²) in [5.74, 6) is 0.841. The molecule has 2 unspecified atom stereocenters. The van der Waals surface area contributed by atoms with E-state index in [2.05, 4.69) is 49.3 Å². The highest BCUT2D eigenvalue weighted by Gasteiger charge is 2.34. The van der Waals surface area contributed by atoms with E-state index in [4.69, 9.17) is 0 Å². The van der Waals surface area contributed by atoms with Crippen molar-refractivity contribution in [2.75, 3.05) is 19.6 Å². The summed E-state index contributed by atoms with van der Waals surface area (Å²) in [6, 6.07) is 9.22. The summed E-state index contributed by atoms with van der Waals surface area (Å²) in [5.41, 5.74) is 2.47. The van der Waals surface area contributed by atoms with Crippen molar-refractivity contribution >= 4 is 26.8 Å². The molecule has 3 heterocycles. The van der Waals surface area contributed by atoms with Gasteiger partial charge in [-0.15, -0.1) is 0 Å². The van der Waals surface area contributed by atoms with Crippen molar-refractivity contribution in [2.24, 2.45) is 5.92 Å². The van der Waals surface area contributed by atoms with Gasteiger partial charge in [0.05, 0.1) is 5.52 Å². The Kier molecular flexibility index (Phi) is 3.69. The third-order valence-electron chi connectivity index (χ3n) is 4.87. The zero-order chi connectivity index (χ0) is 14.2. The number of aromatic nitrogens is 1. The van der Waals surface area contributed by atoms with Crippen molar-refractivity contribution in [3.63, 3.8) is 0 Å². The lowest BCUT2D eigenvalue weighted by molar-refractivity contribution is 0.313. The number of rotatable bonds is 2. The summed E-state index contributed by atoms with van der Waals surface area (Å²) in [5, 5.41) is 4.89. The molecule has 0 bridgehead atoms. The van der Waals surface area contributed by atoms with Crippen molar-refractivity contribution in [1.82, 2.24) is 15.2 Å². The van der Waals surface area contributed by atoms with Gasteiger partial charge in [-0.05, 0) is 43.0 Å². The van der Waals surface area contributed by atoms with E-state index >= 15 is 0 Å². The quantitative estimate of drug-likeness (QED) is 0.905. The van der Waals surface area contributed by atoms with Crippen molar-refractivity contribution in [3.05, 3.63) is 40.5 Å². The molecule has 0 spiro atoms. The Morgan fingerprint density at radius 3 is 3.14 bits per heavy atom. The second-order valence-electron chi connectivity index (χ2n) is 6.26. The first-order valence-electron chi connectivity index (χ1n) is 7.79. The number of hydrogen-bond donors (Lipinski definition) is 1. The number of pyridine rings is 1. The Balaban J connectivity index is 1.59. The van der Waals surface area contributed by atoms with E-state index in [1.54, 1.807) is 0 Å². The highest BCUT2D eigenvalue weighted by molar-refractivity contribution is 9.10. The molecule has 0 radical (unpaired) electrons. The van der Waals surface area contributed by atoms with Gasteiger partial charge in [-0.1, -0.05) is 28.1 Å². The molecule has 1 N–H and O–H groups in total. The first-order chi connectivity index (χ1) is 10.3. The van der Waals surface area contributed by atoms with E-state index in [-0.39, 0.29) is 0 Å². The fourth-order valence-electron chi connectivity index (χ4n) is 3.83. The lowest BCUT2D eigenvalue weighted by Gasteiger charge is -2.24. The molecule has 21 heavy (non-hydrogen) atoms. The molecule has 1 aromatic heterocycles. The van der Waals surface area contributed by atoms with Crippen molar-refractivity contribution in [3.8, 4) is 0 Å². The van der Waals surface area contributed by atoms with Crippen molar-refractivity contribution in [1.29, 1.82) is 0 Å². The van der Waals surface area contributed by atoms with Gasteiger partial charge < -0.3 is 5.32 Å². The molecule has 4 heteroatoms. The number of piperidine rings is 1. The molecule has 3 nitrogen and oxygen atoms in total. The average Bonchev–Trinajstić information content (AvgIpc) is 2.93. The second-order valence-corrected chi connectivity index (χ2v) is 7.12. The van der Waals surface area contributed by atoms with Gasteiger partial charge in [-0.25, -0.2) is 0 Å². The third kappa shape index (κ3) is 2.60. The minimum Gasteiger partial charge on any atom is -0.312 e. The molecule has 2 aromatic rings. The van der Waals surface area contributed by atoms with Gasteiger partial charge in [0.25, 0.3) is 0 Å². The first-order valence-corrected chi connectivity index (χ1v) is 8.58. The van der Waals surface area contributed by atoms with Crippen LogP contribution in [0.5, 0.6) is 0 Å². The van der Waals surface area contributed by atoms with Crippen LogP contribution in [0.4, 0.5) is 0 Å². The number of nitrogens with one attached hydrogen (secondary N) is 1. The molecule has 2 aliphatic heterocycles. The lowest BCUT2D eigenvalue weighted by Crippen LogP contribution is -2.40. The SMILES string of the molecule is Brc1ccc(CN2CC3CCCNC3C2)c2ncccc12. The number of likely N-dealkylation sites (tertiary alicyclic amines) is 1. The van der Waals surface area contributed by atoms with Crippen LogP contribution in [0.15, 0.2) is 34.9 Å². The predicted molar refractivity (Wildman–Crippen MR) is 89.2 cm³/mol. The maximum absolute atomic E-state index is 4.60. The van der Waals surface area contributed by atoms with Gasteiger partial charge >= 0.3 is 0 Å². The molecular formula is C17H20BrN3. The third-order valence-corrected chi connectivity index (χ3v) is 5.56. The van der Waals surface area contributed by atoms with Gasteiger partial charge in [-0.3, -0.25) is 9.88 Å². The number of hydrogen-bond acceptors (Lipinski definition) is 3. The van der Waals surface area contributed by atoms with Crippen LogP contribution in [0.2, 0.25) is 0 Å². The normalized spacial score (nSPS) is 26.1. The van der Waals surface area contributed by atoms with Crippen LogP contribution in [0.3, 0.4) is 0 Å². The Bertz CT molecular complexity index is 644. The van der Waals surface area contributed by atoms with Crippen LogP contribution < -0.4 is 5.32 Å². The molecule has 4 rings (SSSR count). The zero-order valence-electron chi connectivity index (χ0n) is 12.1. The van der Waals surface area contributed by atoms with Crippen LogP contribution in [0.25, 0.3) is 10.9 Å². The lowest BCUT2D eigenvalue weighted by atomic mass is 9.94. The largest absolute Gasteiger partial charge is 0.312 e. The van der Waals surface area contributed by atoms with Crippen LogP contribution in [-0.4, -0.2) is 35.6 Å². The maximum atomic E-state index is 4.60. The van der Waals surface area contributed by atoms with E-state index in [1.807, 2.05) is 12.3 Å². The Morgan fingerprint density at radius 2 is 2.24 bits per heavy atom. The van der Waals surface area contributed by atoms with Crippen LogP contribution >= 0.6 is 15.9 Å². The monoisotopic (exact) mass is 345 g/mol. The summed E-state index contributed by atoms with van der Waals surface area (Å²) < 4.78 is 1.13. The topological polar surface area (TPSA) is 28.2 Å². The van der Waals surface area contributed by atoms with E-state index in [9.17, 15) is 0 Å². The fourth-order valence-corrected chi connectivity index (χ4v) is 4.28. The summed E-state index contributed by atoms with van der Waals surface area (Å²) >= 11 is 3.63. The minimum atomic E-state index is 0.702. The van der Waals surface area contributed by atoms with Crippen LogP contribution in [-0.2, 0) is 6.54 Å². The Labute approximate surface area is 133 Å². The van der Waals surface area contributed by atoms with Gasteiger partial charge in [0, 0.05) is 41.7 Å². The predicted octanol–water partition coefficient (Wildman–Crippen LogP) is 3.18. The molecule has 2 aliphatic rings. The molecule has 2 atom stereocenters. The summed E-state index contributed by atoms with van der Waals surface area (Å²) in [6.45, 7) is 4.60.